The number of nitrogens with zero attached hydrogens (tertiary/aromatic N) is 1. The molecular weight excluding hydrogens is 197 g/mol. The third kappa shape index (κ3) is 4.45. The Hall–Kier alpha value is -0.780. The van der Waals surface area contributed by atoms with Crippen molar-refractivity contribution in [2.45, 2.75) is 32.5 Å². The van der Waals surface area contributed by atoms with Crippen molar-refractivity contribution >= 4 is 5.91 Å². The topological polar surface area (TPSA) is 46.3 Å². The van der Waals surface area contributed by atoms with E-state index in [1.165, 1.54) is 6.92 Å². The number of rotatable bonds is 4. The highest BCUT2D eigenvalue weighted by Gasteiger charge is 2.33. The highest BCUT2D eigenvalue weighted by molar-refractivity contribution is 5.81. The van der Waals surface area contributed by atoms with Crippen LogP contribution < -0.4 is 5.73 Å². The van der Waals surface area contributed by atoms with E-state index in [1.54, 1.807) is 6.92 Å². The maximum absolute atomic E-state index is 12.0. The van der Waals surface area contributed by atoms with Crippen LogP contribution in [-0.4, -0.2) is 36.1 Å². The van der Waals surface area contributed by atoms with Crippen molar-refractivity contribution in [3.05, 3.63) is 0 Å². The number of nitrogens with two attached hydrogens (primary N) is 1. The lowest BCUT2D eigenvalue weighted by atomic mass is 10.2. The quantitative estimate of drug-likeness (QED) is 0.759. The summed E-state index contributed by atoms with van der Waals surface area (Å²) in [5, 5.41) is 0. The van der Waals surface area contributed by atoms with E-state index in [2.05, 4.69) is 0 Å². The number of carbonyl (C=O) groups excluding carboxylic acids is 1. The van der Waals surface area contributed by atoms with E-state index in [1.807, 2.05) is 0 Å². The number of alkyl halides is 3. The van der Waals surface area contributed by atoms with Gasteiger partial charge in [-0.15, -0.1) is 0 Å². The van der Waals surface area contributed by atoms with E-state index < -0.39 is 24.7 Å². The van der Waals surface area contributed by atoms with Gasteiger partial charge in [0.15, 0.2) is 0 Å². The van der Waals surface area contributed by atoms with Crippen molar-refractivity contribution in [2.75, 3.05) is 13.1 Å². The lowest BCUT2D eigenvalue weighted by Crippen LogP contribution is -2.47. The Balaban J connectivity index is 4.34. The van der Waals surface area contributed by atoms with Gasteiger partial charge in [0.25, 0.3) is 0 Å². The molecule has 0 heterocycles. The van der Waals surface area contributed by atoms with Gasteiger partial charge in [-0.3, -0.25) is 4.79 Å². The molecule has 1 amide bonds. The molecule has 14 heavy (non-hydrogen) atoms. The fourth-order valence-corrected chi connectivity index (χ4v) is 0.971. The van der Waals surface area contributed by atoms with Gasteiger partial charge >= 0.3 is 6.18 Å². The first-order valence-corrected chi connectivity index (χ1v) is 4.43. The maximum Gasteiger partial charge on any atom is 0.406 e. The van der Waals surface area contributed by atoms with Crippen LogP contribution in [0.4, 0.5) is 13.2 Å². The standard InChI is InChI=1S/C8H15F3N2O/c1-3-6(12)7(14)13(4-2)5-8(9,10)11/h6H,3-5,12H2,1-2H3. The smallest absolute Gasteiger partial charge is 0.333 e. The van der Waals surface area contributed by atoms with Gasteiger partial charge < -0.3 is 10.6 Å². The molecule has 0 aliphatic heterocycles. The van der Waals surface area contributed by atoms with Gasteiger partial charge in [-0.05, 0) is 13.3 Å². The average molecular weight is 212 g/mol. The summed E-state index contributed by atoms with van der Waals surface area (Å²) < 4.78 is 36.0. The zero-order chi connectivity index (χ0) is 11.4. The van der Waals surface area contributed by atoms with E-state index >= 15 is 0 Å². The van der Waals surface area contributed by atoms with Crippen LogP contribution in [0.5, 0.6) is 0 Å². The molecule has 0 fully saturated rings. The van der Waals surface area contributed by atoms with Crippen LogP contribution in [0.3, 0.4) is 0 Å². The molecule has 0 bridgehead atoms. The minimum absolute atomic E-state index is 0.0199. The number of likely N-dealkylation sites (N-methyl/N-ethyl adjacent to an activating group) is 1. The summed E-state index contributed by atoms with van der Waals surface area (Å²) in [5.74, 6) is -0.646. The molecule has 6 heteroatoms. The average Bonchev–Trinajstić information content (AvgIpc) is 2.10. The molecule has 0 spiro atoms. The summed E-state index contributed by atoms with van der Waals surface area (Å²) in [7, 11) is 0. The Bertz CT molecular complexity index is 194. The number of carbonyl (C=O) groups is 1. The van der Waals surface area contributed by atoms with Crippen molar-refractivity contribution in [2.24, 2.45) is 5.73 Å². The summed E-state index contributed by atoms with van der Waals surface area (Å²) in [6.07, 6.45) is -4.02. The highest BCUT2D eigenvalue weighted by atomic mass is 19.4. The summed E-state index contributed by atoms with van der Waals surface area (Å²) in [5.41, 5.74) is 5.35. The monoisotopic (exact) mass is 212 g/mol. The molecule has 2 N–H and O–H groups in total. The fourth-order valence-electron chi connectivity index (χ4n) is 0.971. The first-order valence-electron chi connectivity index (χ1n) is 4.43. The van der Waals surface area contributed by atoms with Crippen molar-refractivity contribution in [1.82, 2.24) is 4.90 Å². The largest absolute Gasteiger partial charge is 0.406 e. The number of hydrogen-bond acceptors (Lipinski definition) is 2. The molecule has 0 aliphatic rings. The number of amides is 1. The van der Waals surface area contributed by atoms with Gasteiger partial charge in [0.1, 0.15) is 6.54 Å². The Morgan fingerprint density at radius 1 is 1.43 bits per heavy atom. The zero-order valence-electron chi connectivity index (χ0n) is 8.27. The van der Waals surface area contributed by atoms with Crippen molar-refractivity contribution in [1.29, 1.82) is 0 Å². The van der Waals surface area contributed by atoms with Crippen LogP contribution in [0.15, 0.2) is 0 Å². The second-order valence-electron chi connectivity index (χ2n) is 2.98. The normalized spacial score (nSPS) is 13.9. The van der Waals surface area contributed by atoms with E-state index in [4.69, 9.17) is 5.73 Å². The van der Waals surface area contributed by atoms with Gasteiger partial charge in [-0.25, -0.2) is 0 Å². The van der Waals surface area contributed by atoms with Crippen molar-refractivity contribution in [3.63, 3.8) is 0 Å². The summed E-state index contributed by atoms with van der Waals surface area (Å²) in [6, 6.07) is -0.836. The Labute approximate surface area is 81.1 Å². The second-order valence-corrected chi connectivity index (χ2v) is 2.98. The minimum Gasteiger partial charge on any atom is -0.333 e. The third-order valence-corrected chi connectivity index (χ3v) is 1.82. The van der Waals surface area contributed by atoms with E-state index in [0.29, 0.717) is 11.3 Å². The molecule has 1 atom stereocenters. The Morgan fingerprint density at radius 3 is 2.21 bits per heavy atom. The molecule has 84 valence electrons. The molecule has 0 aromatic heterocycles. The van der Waals surface area contributed by atoms with Gasteiger partial charge in [0.05, 0.1) is 6.04 Å². The predicted octanol–water partition coefficient (Wildman–Crippen LogP) is 1.13. The van der Waals surface area contributed by atoms with Gasteiger partial charge in [-0.1, -0.05) is 6.92 Å². The molecule has 0 saturated heterocycles. The molecule has 1 unspecified atom stereocenters. The molecule has 0 aliphatic carbocycles. The minimum atomic E-state index is -4.36. The molecular formula is C8H15F3N2O. The van der Waals surface area contributed by atoms with Crippen LogP contribution in [0.2, 0.25) is 0 Å². The van der Waals surface area contributed by atoms with Crippen LogP contribution >= 0.6 is 0 Å². The predicted molar refractivity (Wildman–Crippen MR) is 46.6 cm³/mol. The number of halogens is 3. The second kappa shape index (κ2) is 5.19. The Kier molecular flexibility index (Phi) is 4.90. The lowest BCUT2D eigenvalue weighted by molar-refractivity contribution is -0.161. The summed E-state index contributed by atoms with van der Waals surface area (Å²) in [4.78, 5) is 12.0. The molecule has 0 rings (SSSR count). The summed E-state index contributed by atoms with van der Waals surface area (Å²) in [6.45, 7) is 1.94. The van der Waals surface area contributed by atoms with Crippen LogP contribution in [0, 0.1) is 0 Å². The zero-order valence-corrected chi connectivity index (χ0v) is 8.27. The molecule has 0 aromatic carbocycles. The highest BCUT2D eigenvalue weighted by Crippen LogP contribution is 2.16. The Morgan fingerprint density at radius 2 is 1.93 bits per heavy atom. The van der Waals surface area contributed by atoms with Crippen molar-refractivity contribution < 1.29 is 18.0 Å². The summed E-state index contributed by atoms with van der Waals surface area (Å²) >= 11 is 0. The molecule has 3 nitrogen and oxygen atoms in total. The fraction of sp³-hybridized carbons (Fsp3) is 0.875. The van der Waals surface area contributed by atoms with Gasteiger partial charge in [0.2, 0.25) is 5.91 Å². The number of hydrogen-bond donors (Lipinski definition) is 1. The van der Waals surface area contributed by atoms with Crippen LogP contribution in [0.1, 0.15) is 20.3 Å². The van der Waals surface area contributed by atoms with Crippen LogP contribution in [-0.2, 0) is 4.79 Å². The third-order valence-electron chi connectivity index (χ3n) is 1.82. The van der Waals surface area contributed by atoms with E-state index in [9.17, 15) is 18.0 Å². The maximum atomic E-state index is 12.0. The van der Waals surface area contributed by atoms with Crippen LogP contribution in [0.25, 0.3) is 0 Å². The first-order chi connectivity index (χ1) is 6.31. The van der Waals surface area contributed by atoms with Gasteiger partial charge in [0, 0.05) is 6.54 Å². The van der Waals surface area contributed by atoms with Crippen molar-refractivity contribution in [3.8, 4) is 0 Å². The van der Waals surface area contributed by atoms with E-state index in [0.717, 1.165) is 0 Å². The molecule has 0 saturated carbocycles. The van der Waals surface area contributed by atoms with E-state index in [-0.39, 0.29) is 6.54 Å². The SMILES string of the molecule is CCC(N)C(=O)N(CC)CC(F)(F)F. The molecule has 0 radical (unpaired) electrons. The lowest BCUT2D eigenvalue weighted by Gasteiger charge is -2.24. The first kappa shape index (κ1) is 13.2. The molecule has 0 aromatic rings. The van der Waals surface area contributed by atoms with Gasteiger partial charge in [-0.2, -0.15) is 13.2 Å².